The summed E-state index contributed by atoms with van der Waals surface area (Å²) in [6.07, 6.45) is 2.39. The summed E-state index contributed by atoms with van der Waals surface area (Å²) in [7, 11) is 0. The highest BCUT2D eigenvalue weighted by molar-refractivity contribution is 5.64. The van der Waals surface area contributed by atoms with Gasteiger partial charge in [-0.3, -0.25) is 0 Å². The van der Waals surface area contributed by atoms with Crippen molar-refractivity contribution >= 4 is 5.69 Å². The summed E-state index contributed by atoms with van der Waals surface area (Å²) in [6.45, 7) is 11.8. The van der Waals surface area contributed by atoms with E-state index in [1.165, 1.54) is 34.5 Å². The Bertz CT molecular complexity index is 381. The molecule has 1 aliphatic rings. The molecular formula is C14H19N. The van der Waals surface area contributed by atoms with Crippen molar-refractivity contribution in [1.82, 2.24) is 0 Å². The molecule has 0 aliphatic carbocycles. The van der Waals surface area contributed by atoms with Gasteiger partial charge >= 0.3 is 0 Å². The Morgan fingerprint density at radius 3 is 2.20 bits per heavy atom. The molecule has 1 saturated heterocycles. The molecular weight excluding hydrogens is 182 g/mol. The maximum Gasteiger partial charge on any atom is 0.0467 e. The van der Waals surface area contributed by atoms with Crippen LogP contribution in [-0.4, -0.2) is 6.54 Å². The van der Waals surface area contributed by atoms with Gasteiger partial charge in [-0.25, -0.2) is 0 Å². The summed E-state index contributed by atoms with van der Waals surface area (Å²) in [5.41, 5.74) is 6.73. The molecule has 1 fully saturated rings. The fourth-order valence-corrected chi connectivity index (χ4v) is 2.60. The Morgan fingerprint density at radius 1 is 1.13 bits per heavy atom. The van der Waals surface area contributed by atoms with E-state index in [2.05, 4.69) is 44.4 Å². The second kappa shape index (κ2) is 3.73. The van der Waals surface area contributed by atoms with Gasteiger partial charge in [0, 0.05) is 17.9 Å². The van der Waals surface area contributed by atoms with Gasteiger partial charge in [-0.15, -0.1) is 0 Å². The molecule has 1 aromatic carbocycles. The molecule has 1 aliphatic heterocycles. The molecule has 1 aromatic rings. The fourth-order valence-electron chi connectivity index (χ4n) is 2.60. The lowest BCUT2D eigenvalue weighted by Gasteiger charge is -2.24. The lowest BCUT2D eigenvalue weighted by molar-refractivity contribution is 0.951. The number of hydrogen-bond donors (Lipinski definition) is 0. The van der Waals surface area contributed by atoms with E-state index in [0.29, 0.717) is 0 Å². The Labute approximate surface area is 92.4 Å². The molecule has 0 amide bonds. The van der Waals surface area contributed by atoms with Crippen LogP contribution in [0.4, 0.5) is 5.69 Å². The molecule has 0 saturated carbocycles. The van der Waals surface area contributed by atoms with Gasteiger partial charge in [0.2, 0.25) is 0 Å². The maximum atomic E-state index is 4.14. The van der Waals surface area contributed by atoms with Crippen LogP contribution in [0.2, 0.25) is 0 Å². The van der Waals surface area contributed by atoms with E-state index in [1.807, 2.05) is 0 Å². The largest absolute Gasteiger partial charge is 0.345 e. The Hall–Kier alpha value is -1.24. The monoisotopic (exact) mass is 201 g/mol. The molecule has 80 valence electrons. The van der Waals surface area contributed by atoms with Gasteiger partial charge in [0.15, 0.2) is 0 Å². The van der Waals surface area contributed by atoms with Crippen molar-refractivity contribution in [2.45, 2.75) is 33.6 Å². The van der Waals surface area contributed by atoms with E-state index >= 15 is 0 Å². The summed E-state index contributed by atoms with van der Waals surface area (Å²) in [5.74, 6) is 0. The van der Waals surface area contributed by atoms with Crippen molar-refractivity contribution in [3.05, 3.63) is 41.1 Å². The lowest BCUT2D eigenvalue weighted by Crippen LogP contribution is -2.17. The number of hydrogen-bond acceptors (Lipinski definition) is 1. The summed E-state index contributed by atoms with van der Waals surface area (Å²) >= 11 is 0. The molecule has 2 rings (SSSR count). The molecule has 0 unspecified atom stereocenters. The Balaban J connectivity index is 2.47. The van der Waals surface area contributed by atoms with Gasteiger partial charge in [-0.05, 0) is 44.7 Å². The Kier molecular flexibility index (Phi) is 2.56. The minimum atomic E-state index is 1.13. The van der Waals surface area contributed by atoms with Crippen molar-refractivity contribution in [3.8, 4) is 0 Å². The summed E-state index contributed by atoms with van der Waals surface area (Å²) in [4.78, 5) is 2.38. The zero-order valence-electron chi connectivity index (χ0n) is 9.93. The van der Waals surface area contributed by atoms with Crippen LogP contribution in [-0.2, 0) is 0 Å². The summed E-state index contributed by atoms with van der Waals surface area (Å²) in [5, 5.41) is 0. The molecule has 15 heavy (non-hydrogen) atoms. The van der Waals surface area contributed by atoms with Gasteiger partial charge in [-0.2, -0.15) is 0 Å². The van der Waals surface area contributed by atoms with Gasteiger partial charge < -0.3 is 4.90 Å². The summed E-state index contributed by atoms with van der Waals surface area (Å²) < 4.78 is 0. The average Bonchev–Trinajstić information content (AvgIpc) is 2.50. The molecule has 0 bridgehead atoms. The second-order valence-corrected chi connectivity index (χ2v) is 4.57. The first kappa shape index (κ1) is 10.3. The fraction of sp³-hybridized carbons (Fsp3) is 0.429. The van der Waals surface area contributed by atoms with Crippen LogP contribution in [0.3, 0.4) is 0 Å². The van der Waals surface area contributed by atoms with Crippen molar-refractivity contribution < 1.29 is 0 Å². The van der Waals surface area contributed by atoms with Gasteiger partial charge in [0.25, 0.3) is 0 Å². The zero-order valence-corrected chi connectivity index (χ0v) is 9.93. The number of benzene rings is 1. The SMILES string of the molecule is C=C1CCCN1c1c(C)cc(C)cc1C. The number of allylic oxidation sites excluding steroid dienone is 1. The van der Waals surface area contributed by atoms with Crippen molar-refractivity contribution in [1.29, 1.82) is 0 Å². The standard InChI is InChI=1S/C14H19N/c1-10-8-11(2)14(12(3)9-10)15-7-5-6-13(15)4/h8-9H,4-7H2,1-3H3. The topological polar surface area (TPSA) is 3.24 Å². The smallest absolute Gasteiger partial charge is 0.0467 e. The van der Waals surface area contributed by atoms with Crippen LogP contribution in [0.15, 0.2) is 24.4 Å². The van der Waals surface area contributed by atoms with E-state index in [9.17, 15) is 0 Å². The van der Waals surface area contributed by atoms with E-state index in [-0.39, 0.29) is 0 Å². The van der Waals surface area contributed by atoms with Gasteiger partial charge in [0.05, 0.1) is 0 Å². The predicted molar refractivity (Wildman–Crippen MR) is 66.4 cm³/mol. The van der Waals surface area contributed by atoms with E-state index in [0.717, 1.165) is 13.0 Å². The quantitative estimate of drug-likeness (QED) is 0.669. The second-order valence-electron chi connectivity index (χ2n) is 4.57. The van der Waals surface area contributed by atoms with Crippen molar-refractivity contribution in [3.63, 3.8) is 0 Å². The normalized spacial score (nSPS) is 16.2. The Morgan fingerprint density at radius 2 is 1.73 bits per heavy atom. The van der Waals surface area contributed by atoms with Crippen molar-refractivity contribution in [2.24, 2.45) is 0 Å². The molecule has 1 heteroatoms. The highest BCUT2D eigenvalue weighted by atomic mass is 15.2. The average molecular weight is 201 g/mol. The number of anilines is 1. The highest BCUT2D eigenvalue weighted by Gasteiger charge is 2.19. The number of aryl methyl sites for hydroxylation is 3. The zero-order chi connectivity index (χ0) is 11.0. The molecule has 0 atom stereocenters. The van der Waals surface area contributed by atoms with E-state index in [4.69, 9.17) is 0 Å². The highest BCUT2D eigenvalue weighted by Crippen LogP contribution is 2.33. The third-order valence-electron chi connectivity index (χ3n) is 3.13. The molecule has 0 N–H and O–H groups in total. The van der Waals surface area contributed by atoms with E-state index < -0.39 is 0 Å². The number of nitrogens with zero attached hydrogens (tertiary/aromatic N) is 1. The molecule has 0 radical (unpaired) electrons. The minimum absolute atomic E-state index is 1.13. The predicted octanol–water partition coefficient (Wildman–Crippen LogP) is 3.73. The van der Waals surface area contributed by atoms with Crippen molar-refractivity contribution in [2.75, 3.05) is 11.4 Å². The van der Waals surface area contributed by atoms with Crippen LogP contribution < -0.4 is 4.90 Å². The molecule has 0 spiro atoms. The maximum absolute atomic E-state index is 4.14. The van der Waals surface area contributed by atoms with Crippen LogP contribution in [0, 0.1) is 20.8 Å². The molecule has 1 nitrogen and oxygen atoms in total. The first-order chi connectivity index (χ1) is 7.09. The van der Waals surface area contributed by atoms with Crippen LogP contribution in [0.25, 0.3) is 0 Å². The third-order valence-corrected chi connectivity index (χ3v) is 3.13. The van der Waals surface area contributed by atoms with Crippen LogP contribution in [0.5, 0.6) is 0 Å². The third kappa shape index (κ3) is 1.79. The first-order valence-corrected chi connectivity index (χ1v) is 5.63. The molecule has 0 aromatic heterocycles. The molecule has 1 heterocycles. The first-order valence-electron chi connectivity index (χ1n) is 5.63. The lowest BCUT2D eigenvalue weighted by atomic mass is 10.0. The van der Waals surface area contributed by atoms with Gasteiger partial charge in [0.1, 0.15) is 0 Å². The van der Waals surface area contributed by atoms with Crippen LogP contribution in [0.1, 0.15) is 29.5 Å². The van der Waals surface area contributed by atoms with Crippen LogP contribution >= 0.6 is 0 Å². The number of rotatable bonds is 1. The summed E-state index contributed by atoms with van der Waals surface area (Å²) in [6, 6.07) is 4.52. The minimum Gasteiger partial charge on any atom is -0.345 e. The van der Waals surface area contributed by atoms with E-state index in [1.54, 1.807) is 0 Å². The van der Waals surface area contributed by atoms with Gasteiger partial charge in [-0.1, -0.05) is 24.3 Å².